The smallest absolute Gasteiger partial charge is 0.119 e. The van der Waals surface area contributed by atoms with Crippen LogP contribution in [0.3, 0.4) is 0 Å². The van der Waals surface area contributed by atoms with Crippen molar-refractivity contribution < 1.29 is 9.47 Å². The summed E-state index contributed by atoms with van der Waals surface area (Å²) in [5.74, 6) is 1.27. The average molecular weight is 259 g/mol. The molecule has 1 atom stereocenters. The lowest BCUT2D eigenvalue weighted by Gasteiger charge is -2.16. The Morgan fingerprint density at radius 2 is 1.79 bits per heavy atom. The molecule has 0 heterocycles. The van der Waals surface area contributed by atoms with Crippen LogP contribution in [-0.4, -0.2) is 34.4 Å². The van der Waals surface area contributed by atoms with E-state index >= 15 is 0 Å². The van der Waals surface area contributed by atoms with E-state index < -0.39 is 0 Å². The third kappa shape index (κ3) is 3.25. The third-order valence-corrected chi connectivity index (χ3v) is 3.36. The molecule has 3 nitrogen and oxygen atoms in total. The summed E-state index contributed by atoms with van der Waals surface area (Å²) in [5.41, 5.74) is 1.30. The summed E-state index contributed by atoms with van der Waals surface area (Å²) in [6.07, 6.45) is 0. The van der Waals surface area contributed by atoms with Crippen molar-refractivity contribution >= 4 is 10.8 Å². The SMILES string of the molecule is CNCC(COC)c1ccc2cc(OC)ccc2c1. The molecule has 1 unspecified atom stereocenters. The number of ether oxygens (including phenoxy) is 2. The maximum Gasteiger partial charge on any atom is 0.119 e. The van der Waals surface area contributed by atoms with Gasteiger partial charge in [-0.15, -0.1) is 0 Å². The number of nitrogens with one attached hydrogen (secondary N) is 1. The quantitative estimate of drug-likeness (QED) is 0.865. The monoisotopic (exact) mass is 259 g/mol. The molecule has 0 amide bonds. The van der Waals surface area contributed by atoms with Gasteiger partial charge in [0.25, 0.3) is 0 Å². The van der Waals surface area contributed by atoms with Crippen LogP contribution in [0.25, 0.3) is 10.8 Å². The molecule has 0 spiro atoms. The first-order chi connectivity index (χ1) is 9.28. The van der Waals surface area contributed by atoms with Crippen molar-refractivity contribution in [1.29, 1.82) is 0 Å². The lowest BCUT2D eigenvalue weighted by atomic mass is 9.96. The molecule has 0 saturated carbocycles. The highest BCUT2D eigenvalue weighted by molar-refractivity contribution is 5.84. The average Bonchev–Trinajstić information content (AvgIpc) is 2.46. The molecule has 2 aromatic rings. The van der Waals surface area contributed by atoms with Crippen molar-refractivity contribution in [2.45, 2.75) is 5.92 Å². The molecule has 1 N–H and O–H groups in total. The van der Waals surface area contributed by atoms with Gasteiger partial charge in [0, 0.05) is 19.6 Å². The largest absolute Gasteiger partial charge is 0.497 e. The van der Waals surface area contributed by atoms with Crippen LogP contribution in [0.1, 0.15) is 11.5 Å². The molecule has 0 aromatic heterocycles. The van der Waals surface area contributed by atoms with Crippen molar-refractivity contribution in [2.24, 2.45) is 0 Å². The lowest BCUT2D eigenvalue weighted by Crippen LogP contribution is -2.20. The van der Waals surface area contributed by atoms with Crippen molar-refractivity contribution in [3.05, 3.63) is 42.0 Å². The summed E-state index contributed by atoms with van der Waals surface area (Å²) in [4.78, 5) is 0. The normalized spacial score (nSPS) is 12.6. The molecule has 3 heteroatoms. The summed E-state index contributed by atoms with van der Waals surface area (Å²) in [5, 5.41) is 5.65. The zero-order valence-electron chi connectivity index (χ0n) is 11.8. The standard InChI is InChI=1S/C16H21NO2/c1-17-10-15(11-18-2)13-4-5-14-9-16(19-3)7-6-12(14)8-13/h4-9,15,17H,10-11H2,1-3H3. The van der Waals surface area contributed by atoms with Gasteiger partial charge in [-0.1, -0.05) is 24.3 Å². The third-order valence-electron chi connectivity index (χ3n) is 3.36. The van der Waals surface area contributed by atoms with Gasteiger partial charge in [0.15, 0.2) is 0 Å². The number of hydrogen-bond acceptors (Lipinski definition) is 3. The van der Waals surface area contributed by atoms with Crippen LogP contribution in [0.4, 0.5) is 0 Å². The molecule has 0 bridgehead atoms. The maximum atomic E-state index is 5.30. The number of rotatable bonds is 6. The molecule has 0 aliphatic rings. The summed E-state index contributed by atoms with van der Waals surface area (Å²) >= 11 is 0. The Morgan fingerprint density at radius 1 is 1.05 bits per heavy atom. The second-order valence-electron chi connectivity index (χ2n) is 4.68. The predicted molar refractivity (Wildman–Crippen MR) is 79.0 cm³/mol. The van der Waals surface area contributed by atoms with Crippen LogP contribution >= 0.6 is 0 Å². The predicted octanol–water partition coefficient (Wildman–Crippen LogP) is 2.80. The van der Waals surface area contributed by atoms with Crippen LogP contribution in [-0.2, 0) is 4.74 Å². The minimum Gasteiger partial charge on any atom is -0.497 e. The zero-order valence-corrected chi connectivity index (χ0v) is 11.8. The van der Waals surface area contributed by atoms with Crippen LogP contribution in [0.2, 0.25) is 0 Å². The summed E-state index contributed by atoms with van der Waals surface area (Å²) in [6.45, 7) is 1.64. The van der Waals surface area contributed by atoms with Crippen molar-refractivity contribution in [2.75, 3.05) is 34.4 Å². The molecule has 19 heavy (non-hydrogen) atoms. The van der Waals surface area contributed by atoms with Crippen LogP contribution in [0.5, 0.6) is 5.75 Å². The van der Waals surface area contributed by atoms with E-state index in [4.69, 9.17) is 9.47 Å². The van der Waals surface area contributed by atoms with Crippen molar-refractivity contribution in [3.8, 4) is 5.75 Å². The van der Waals surface area contributed by atoms with Crippen LogP contribution in [0.15, 0.2) is 36.4 Å². The fourth-order valence-electron chi connectivity index (χ4n) is 2.34. The first-order valence-corrected chi connectivity index (χ1v) is 6.49. The summed E-state index contributed by atoms with van der Waals surface area (Å²) in [7, 11) is 5.40. The van der Waals surface area contributed by atoms with E-state index in [0.29, 0.717) is 5.92 Å². The number of likely N-dealkylation sites (N-methyl/N-ethyl adjacent to an activating group) is 1. The molecule has 2 rings (SSSR count). The first kappa shape index (κ1) is 13.8. The molecular formula is C16H21NO2. The number of methoxy groups -OCH3 is 2. The fourth-order valence-corrected chi connectivity index (χ4v) is 2.34. The number of hydrogen-bond donors (Lipinski definition) is 1. The van der Waals surface area contributed by atoms with E-state index in [1.54, 1.807) is 14.2 Å². The van der Waals surface area contributed by atoms with E-state index in [9.17, 15) is 0 Å². The van der Waals surface area contributed by atoms with Gasteiger partial charge < -0.3 is 14.8 Å². The van der Waals surface area contributed by atoms with Gasteiger partial charge in [-0.05, 0) is 35.5 Å². The minimum atomic E-state index is 0.376. The van der Waals surface area contributed by atoms with Crippen LogP contribution in [0, 0.1) is 0 Å². The van der Waals surface area contributed by atoms with E-state index in [1.807, 2.05) is 13.1 Å². The number of benzene rings is 2. The van der Waals surface area contributed by atoms with Crippen LogP contribution < -0.4 is 10.1 Å². The van der Waals surface area contributed by atoms with Gasteiger partial charge in [-0.2, -0.15) is 0 Å². The molecule has 0 fully saturated rings. The van der Waals surface area contributed by atoms with E-state index in [2.05, 4.69) is 35.6 Å². The van der Waals surface area contributed by atoms with Gasteiger partial charge in [-0.25, -0.2) is 0 Å². The lowest BCUT2D eigenvalue weighted by molar-refractivity contribution is 0.178. The Balaban J connectivity index is 2.34. The highest BCUT2D eigenvalue weighted by Gasteiger charge is 2.11. The second kappa shape index (κ2) is 6.55. The molecule has 0 saturated heterocycles. The van der Waals surface area contributed by atoms with Gasteiger partial charge in [0.1, 0.15) is 5.75 Å². The summed E-state index contributed by atoms with van der Waals surface area (Å²) in [6, 6.07) is 12.7. The van der Waals surface area contributed by atoms with E-state index in [-0.39, 0.29) is 0 Å². The fraction of sp³-hybridized carbons (Fsp3) is 0.375. The topological polar surface area (TPSA) is 30.5 Å². The highest BCUT2D eigenvalue weighted by Crippen LogP contribution is 2.25. The first-order valence-electron chi connectivity index (χ1n) is 6.49. The Morgan fingerprint density at radius 3 is 2.47 bits per heavy atom. The Labute approximate surface area is 114 Å². The molecule has 0 aliphatic heterocycles. The highest BCUT2D eigenvalue weighted by atomic mass is 16.5. The minimum absolute atomic E-state index is 0.376. The number of fused-ring (bicyclic) bond motifs is 1. The molecule has 2 aromatic carbocycles. The van der Waals surface area contributed by atoms with Gasteiger partial charge >= 0.3 is 0 Å². The molecular weight excluding hydrogens is 238 g/mol. The Kier molecular flexibility index (Phi) is 4.77. The molecule has 0 radical (unpaired) electrons. The van der Waals surface area contributed by atoms with Crippen molar-refractivity contribution in [1.82, 2.24) is 5.32 Å². The maximum absolute atomic E-state index is 5.30. The Bertz CT molecular complexity index is 533. The van der Waals surface area contributed by atoms with E-state index in [1.165, 1.54) is 16.3 Å². The van der Waals surface area contributed by atoms with E-state index in [0.717, 1.165) is 18.9 Å². The van der Waals surface area contributed by atoms with Gasteiger partial charge in [0.2, 0.25) is 0 Å². The second-order valence-corrected chi connectivity index (χ2v) is 4.68. The van der Waals surface area contributed by atoms with Gasteiger partial charge in [0.05, 0.1) is 13.7 Å². The van der Waals surface area contributed by atoms with Crippen molar-refractivity contribution in [3.63, 3.8) is 0 Å². The molecule has 0 aliphatic carbocycles. The summed E-state index contributed by atoms with van der Waals surface area (Å²) < 4.78 is 10.5. The Hall–Kier alpha value is -1.58. The molecule has 102 valence electrons. The van der Waals surface area contributed by atoms with Gasteiger partial charge in [-0.3, -0.25) is 0 Å². The zero-order chi connectivity index (χ0) is 13.7.